The van der Waals surface area contributed by atoms with E-state index >= 15 is 0 Å². The zero-order valence-electron chi connectivity index (χ0n) is 27.7. The Morgan fingerprint density at radius 2 is 1.50 bits per heavy atom. The van der Waals surface area contributed by atoms with E-state index in [0.717, 1.165) is 53.7 Å². The topological polar surface area (TPSA) is 122 Å². The summed E-state index contributed by atoms with van der Waals surface area (Å²) in [5.41, 5.74) is 8.33. The van der Waals surface area contributed by atoms with E-state index in [1.54, 1.807) is 20.8 Å². The lowest BCUT2D eigenvalue weighted by atomic mass is 9.83. The lowest BCUT2D eigenvalue weighted by molar-refractivity contribution is -0.129. The lowest BCUT2D eigenvalue weighted by Gasteiger charge is -2.31. The molecule has 0 unspecified atom stereocenters. The Kier molecular flexibility index (Phi) is 11.3. The van der Waals surface area contributed by atoms with Gasteiger partial charge in [-0.1, -0.05) is 27.2 Å². The van der Waals surface area contributed by atoms with Crippen molar-refractivity contribution in [2.75, 3.05) is 0 Å². The zero-order valence-corrected chi connectivity index (χ0v) is 28.5. The molecule has 1 aromatic carbocycles. The van der Waals surface area contributed by atoms with Crippen LogP contribution in [0, 0.1) is 31.6 Å². The SMILES string of the molecule is CC(C)(C)N[C@@H](CCCCC(=N)N)C(=O)C(C)(C)C.Cc1c(C)c(S(=O)(=O)C(C)(C)C)c(C)c2c1OC(C)(C)C2. The third kappa shape index (κ3) is 9.30. The smallest absolute Gasteiger partial charge is 0.183 e. The molecule has 8 heteroatoms. The number of Topliss-reactive ketones (excluding diaryl/α,β-unsaturated/α-hetero) is 1. The molecular formula is C32H57N3O4S. The second-order valence-corrected chi connectivity index (χ2v) is 17.6. The van der Waals surface area contributed by atoms with Gasteiger partial charge in [0.25, 0.3) is 0 Å². The first-order valence-corrected chi connectivity index (χ1v) is 15.9. The van der Waals surface area contributed by atoms with Crippen molar-refractivity contribution in [1.82, 2.24) is 5.32 Å². The largest absolute Gasteiger partial charge is 0.487 e. The number of hydrogen-bond donors (Lipinski definition) is 3. The zero-order chi connectivity index (χ0) is 31.6. The van der Waals surface area contributed by atoms with Gasteiger partial charge in [-0.2, -0.15) is 0 Å². The number of rotatable bonds is 8. The van der Waals surface area contributed by atoms with Crippen LogP contribution < -0.4 is 15.8 Å². The quantitative estimate of drug-likeness (QED) is 0.178. The van der Waals surface area contributed by atoms with Gasteiger partial charge in [0, 0.05) is 29.4 Å². The molecule has 1 aliphatic heterocycles. The molecule has 1 heterocycles. The maximum atomic E-state index is 13.0. The fourth-order valence-corrected chi connectivity index (χ4v) is 6.63. The van der Waals surface area contributed by atoms with Crippen molar-refractivity contribution in [3.05, 3.63) is 22.3 Å². The molecule has 0 spiro atoms. The number of hydrogen-bond acceptors (Lipinski definition) is 6. The van der Waals surface area contributed by atoms with E-state index < -0.39 is 14.6 Å². The van der Waals surface area contributed by atoms with Crippen LogP contribution in [-0.4, -0.2) is 42.0 Å². The number of nitrogens with two attached hydrogens (primary N) is 1. The van der Waals surface area contributed by atoms with Gasteiger partial charge in [0.05, 0.1) is 21.5 Å². The number of ketones is 1. The van der Waals surface area contributed by atoms with Crippen LogP contribution >= 0.6 is 0 Å². The Bertz CT molecular complexity index is 1190. The number of ether oxygens (including phenoxy) is 1. The molecule has 230 valence electrons. The Morgan fingerprint density at radius 3 is 1.93 bits per heavy atom. The Morgan fingerprint density at radius 1 is 0.975 bits per heavy atom. The molecule has 4 N–H and O–H groups in total. The molecule has 0 saturated heterocycles. The molecule has 40 heavy (non-hydrogen) atoms. The van der Waals surface area contributed by atoms with E-state index in [1.165, 1.54) is 0 Å². The van der Waals surface area contributed by atoms with Crippen molar-refractivity contribution in [3.8, 4) is 5.75 Å². The fraction of sp³-hybridized carbons (Fsp3) is 0.750. The summed E-state index contributed by atoms with van der Waals surface area (Å²) in [5.74, 6) is 1.36. The summed E-state index contributed by atoms with van der Waals surface area (Å²) >= 11 is 0. The molecule has 0 bridgehead atoms. The van der Waals surface area contributed by atoms with Crippen LogP contribution in [-0.2, 0) is 21.1 Å². The first-order chi connectivity index (χ1) is 17.7. The molecular weight excluding hydrogens is 522 g/mol. The van der Waals surface area contributed by atoms with Gasteiger partial charge in [-0.15, -0.1) is 0 Å². The summed E-state index contributed by atoms with van der Waals surface area (Å²) in [7, 11) is -3.37. The first-order valence-electron chi connectivity index (χ1n) is 14.4. The second kappa shape index (κ2) is 12.5. The molecule has 2 rings (SSSR count). The highest BCUT2D eigenvalue weighted by molar-refractivity contribution is 7.92. The van der Waals surface area contributed by atoms with E-state index in [2.05, 4.69) is 26.1 Å². The second-order valence-electron chi connectivity index (χ2n) is 15.0. The maximum Gasteiger partial charge on any atom is 0.183 e. The number of fused-ring (bicyclic) bond motifs is 1. The number of amidine groups is 1. The summed E-state index contributed by atoms with van der Waals surface area (Å²) in [5, 5.41) is 10.6. The molecule has 1 aromatic rings. The van der Waals surface area contributed by atoms with E-state index in [-0.39, 0.29) is 34.2 Å². The number of carbonyl (C=O) groups excluding carboxylic acids is 1. The molecule has 0 fully saturated rings. The van der Waals surface area contributed by atoms with Crippen LogP contribution in [0.5, 0.6) is 5.75 Å². The van der Waals surface area contributed by atoms with Crippen molar-refractivity contribution < 1.29 is 17.9 Å². The number of nitrogens with one attached hydrogen (secondary N) is 2. The van der Waals surface area contributed by atoms with E-state index in [1.807, 2.05) is 55.4 Å². The average Bonchev–Trinajstić information content (AvgIpc) is 3.07. The highest BCUT2D eigenvalue weighted by Crippen LogP contribution is 2.45. The van der Waals surface area contributed by atoms with Gasteiger partial charge in [-0.3, -0.25) is 10.2 Å². The predicted octanol–water partition coefficient (Wildman–Crippen LogP) is 6.75. The molecule has 0 saturated carbocycles. The van der Waals surface area contributed by atoms with Crippen LogP contribution in [0.2, 0.25) is 0 Å². The van der Waals surface area contributed by atoms with Crippen molar-refractivity contribution in [2.45, 2.75) is 156 Å². The van der Waals surface area contributed by atoms with Gasteiger partial charge in [0.2, 0.25) is 0 Å². The van der Waals surface area contributed by atoms with Crippen molar-refractivity contribution in [2.24, 2.45) is 11.1 Å². The molecule has 1 atom stereocenters. The Labute approximate surface area is 244 Å². The van der Waals surface area contributed by atoms with Gasteiger partial charge >= 0.3 is 0 Å². The van der Waals surface area contributed by atoms with Gasteiger partial charge < -0.3 is 15.8 Å². The van der Waals surface area contributed by atoms with E-state index in [0.29, 0.717) is 11.3 Å². The predicted molar refractivity (Wildman–Crippen MR) is 168 cm³/mol. The number of unbranched alkanes of at least 4 members (excludes halogenated alkanes) is 1. The normalized spacial score (nSPS) is 15.9. The Hall–Kier alpha value is -1.93. The molecule has 0 aromatic heterocycles. The molecule has 7 nitrogen and oxygen atoms in total. The average molecular weight is 580 g/mol. The number of sulfone groups is 1. The minimum Gasteiger partial charge on any atom is -0.487 e. The van der Waals surface area contributed by atoms with Crippen molar-refractivity contribution in [3.63, 3.8) is 0 Å². The minimum atomic E-state index is -3.37. The minimum absolute atomic E-state index is 0.0772. The third-order valence-corrected chi connectivity index (χ3v) is 9.98. The highest BCUT2D eigenvalue weighted by Gasteiger charge is 2.40. The van der Waals surface area contributed by atoms with Crippen LogP contribution in [0.4, 0.5) is 0 Å². The van der Waals surface area contributed by atoms with Crippen molar-refractivity contribution in [1.29, 1.82) is 5.41 Å². The molecule has 0 radical (unpaired) electrons. The van der Waals surface area contributed by atoms with Crippen LogP contribution in [0.25, 0.3) is 0 Å². The first kappa shape index (κ1) is 36.1. The third-order valence-electron chi connectivity index (χ3n) is 7.22. The standard InChI is InChI=1S/C17H26O3S.C15H31N3O/c1-10-11(2)15(21(18,19)16(4,5)6)12(3)13-9-17(7,8)20-14(10)13;1-14(2,3)13(19)11(18-15(4,5)6)9-7-8-10-12(16)17/h9H2,1-8H3;11,18H,7-10H2,1-6H3,(H3,16,17)/t;11-/m.0/s1. The Balaban J connectivity index is 0.000000403. The van der Waals surface area contributed by atoms with Crippen LogP contribution in [0.1, 0.15) is 124 Å². The molecule has 1 aliphatic rings. The van der Waals surface area contributed by atoms with Gasteiger partial charge in [-0.25, -0.2) is 8.42 Å². The fourth-order valence-electron chi connectivity index (χ4n) is 4.93. The molecule has 0 aliphatic carbocycles. The lowest BCUT2D eigenvalue weighted by Crippen LogP contribution is -2.50. The summed E-state index contributed by atoms with van der Waals surface area (Å²) in [6.07, 6.45) is 3.96. The van der Waals surface area contributed by atoms with E-state index in [9.17, 15) is 13.2 Å². The van der Waals surface area contributed by atoms with Gasteiger partial charge in [0.15, 0.2) is 15.6 Å². The summed E-state index contributed by atoms with van der Waals surface area (Å²) in [6, 6.07) is -0.119. The maximum absolute atomic E-state index is 13.0. The van der Waals surface area contributed by atoms with Gasteiger partial charge in [0.1, 0.15) is 11.4 Å². The highest BCUT2D eigenvalue weighted by atomic mass is 32.2. The summed E-state index contributed by atoms with van der Waals surface area (Å²) < 4.78 is 31.2. The van der Waals surface area contributed by atoms with Crippen LogP contribution in [0.3, 0.4) is 0 Å². The monoisotopic (exact) mass is 579 g/mol. The number of carbonyl (C=O) groups is 1. The summed E-state index contributed by atoms with van der Waals surface area (Å²) in [4.78, 5) is 12.9. The number of benzene rings is 1. The summed E-state index contributed by atoms with van der Waals surface area (Å²) in [6.45, 7) is 27.2. The van der Waals surface area contributed by atoms with Crippen molar-refractivity contribution >= 4 is 21.5 Å². The van der Waals surface area contributed by atoms with E-state index in [4.69, 9.17) is 15.9 Å². The van der Waals surface area contributed by atoms with Crippen LogP contribution in [0.15, 0.2) is 4.90 Å². The molecule has 0 amide bonds. The van der Waals surface area contributed by atoms with Gasteiger partial charge in [-0.05, 0) is 106 Å².